The second kappa shape index (κ2) is 3.37. The fourth-order valence-electron chi connectivity index (χ4n) is 1.99. The molecule has 0 bridgehead atoms. The molecule has 74 valence electrons. The van der Waals surface area contributed by atoms with Crippen LogP contribution >= 0.6 is 0 Å². The monoisotopic (exact) mass is 188 g/mol. The highest BCUT2D eigenvalue weighted by Gasteiger charge is 2.06. The van der Waals surface area contributed by atoms with Crippen LogP contribution in [0.15, 0.2) is 18.2 Å². The molecule has 1 aromatic carbocycles. The molecule has 1 aromatic heterocycles. The predicted molar refractivity (Wildman–Crippen MR) is 62.0 cm³/mol. The standard InChI is InChI=1S/C12H16N2/c1-4-10-8(2)14-12-6-5-9(13-3)7-11(10)12/h5-7,13-14H,4H2,1-3H3. The number of nitrogens with one attached hydrogen (secondary N) is 2. The number of rotatable bonds is 2. The van der Waals surface area contributed by atoms with Crippen LogP contribution in [0, 0.1) is 6.92 Å². The number of fused-ring (bicyclic) bond motifs is 1. The number of aryl methyl sites for hydroxylation is 2. The van der Waals surface area contributed by atoms with Gasteiger partial charge in [-0.1, -0.05) is 6.92 Å². The van der Waals surface area contributed by atoms with Gasteiger partial charge in [0.25, 0.3) is 0 Å². The minimum Gasteiger partial charge on any atom is -0.388 e. The number of benzene rings is 1. The van der Waals surface area contributed by atoms with E-state index in [1.165, 1.54) is 27.8 Å². The van der Waals surface area contributed by atoms with E-state index in [9.17, 15) is 0 Å². The smallest absolute Gasteiger partial charge is 0.0460 e. The summed E-state index contributed by atoms with van der Waals surface area (Å²) in [5.41, 5.74) is 5.12. The van der Waals surface area contributed by atoms with Gasteiger partial charge in [0.2, 0.25) is 0 Å². The molecule has 2 nitrogen and oxygen atoms in total. The Bertz CT molecular complexity index is 455. The van der Waals surface area contributed by atoms with Gasteiger partial charge in [0.1, 0.15) is 0 Å². The summed E-state index contributed by atoms with van der Waals surface area (Å²) < 4.78 is 0. The molecule has 0 saturated heterocycles. The van der Waals surface area contributed by atoms with Crippen molar-refractivity contribution in [2.24, 2.45) is 0 Å². The molecule has 0 spiro atoms. The Morgan fingerprint density at radius 3 is 2.79 bits per heavy atom. The van der Waals surface area contributed by atoms with Crippen LogP contribution in [-0.2, 0) is 6.42 Å². The van der Waals surface area contributed by atoms with Gasteiger partial charge in [-0.05, 0) is 37.1 Å². The highest BCUT2D eigenvalue weighted by molar-refractivity contribution is 5.87. The van der Waals surface area contributed by atoms with E-state index in [4.69, 9.17) is 0 Å². The first kappa shape index (κ1) is 9.13. The average Bonchev–Trinajstić information content (AvgIpc) is 2.52. The van der Waals surface area contributed by atoms with Crippen molar-refractivity contribution >= 4 is 16.6 Å². The Morgan fingerprint density at radius 1 is 1.36 bits per heavy atom. The number of H-pyrrole nitrogens is 1. The molecule has 0 radical (unpaired) electrons. The van der Waals surface area contributed by atoms with E-state index in [1.807, 2.05) is 7.05 Å². The van der Waals surface area contributed by atoms with E-state index in [1.54, 1.807) is 0 Å². The summed E-state index contributed by atoms with van der Waals surface area (Å²) in [7, 11) is 1.95. The molecule has 2 heteroatoms. The lowest BCUT2D eigenvalue weighted by molar-refractivity contribution is 1.11. The third-order valence-corrected chi connectivity index (χ3v) is 2.76. The first-order valence-corrected chi connectivity index (χ1v) is 5.05. The molecule has 0 saturated carbocycles. The Labute approximate surface area is 84.3 Å². The normalized spacial score (nSPS) is 10.8. The first-order valence-electron chi connectivity index (χ1n) is 5.05. The van der Waals surface area contributed by atoms with Crippen molar-refractivity contribution in [1.29, 1.82) is 0 Å². The lowest BCUT2D eigenvalue weighted by atomic mass is 10.1. The molecular weight excluding hydrogens is 172 g/mol. The maximum Gasteiger partial charge on any atom is 0.0460 e. The maximum atomic E-state index is 3.40. The fourth-order valence-corrected chi connectivity index (χ4v) is 1.99. The summed E-state index contributed by atoms with van der Waals surface area (Å²) in [5.74, 6) is 0. The number of hydrogen-bond acceptors (Lipinski definition) is 1. The van der Waals surface area contributed by atoms with Crippen molar-refractivity contribution in [3.8, 4) is 0 Å². The minimum absolute atomic E-state index is 1.08. The Morgan fingerprint density at radius 2 is 2.14 bits per heavy atom. The summed E-state index contributed by atoms with van der Waals surface area (Å²) in [4.78, 5) is 3.40. The third-order valence-electron chi connectivity index (χ3n) is 2.76. The SMILES string of the molecule is CCc1c(C)[nH]c2ccc(NC)cc12. The van der Waals surface area contributed by atoms with Crippen molar-refractivity contribution in [1.82, 2.24) is 4.98 Å². The summed E-state index contributed by atoms with van der Waals surface area (Å²) in [6, 6.07) is 6.43. The molecule has 0 unspecified atom stereocenters. The second-order valence-electron chi connectivity index (χ2n) is 3.59. The molecule has 0 amide bonds. The quantitative estimate of drug-likeness (QED) is 0.744. The Balaban J connectivity index is 2.71. The van der Waals surface area contributed by atoms with Crippen molar-refractivity contribution in [2.45, 2.75) is 20.3 Å². The summed E-state index contributed by atoms with van der Waals surface area (Å²) in [6.07, 6.45) is 1.08. The van der Waals surface area contributed by atoms with Crippen LogP contribution in [0.4, 0.5) is 5.69 Å². The van der Waals surface area contributed by atoms with Crippen molar-refractivity contribution < 1.29 is 0 Å². The van der Waals surface area contributed by atoms with Crippen LogP contribution in [0.2, 0.25) is 0 Å². The van der Waals surface area contributed by atoms with Gasteiger partial charge in [-0.3, -0.25) is 0 Å². The topological polar surface area (TPSA) is 27.8 Å². The van der Waals surface area contributed by atoms with Crippen LogP contribution in [-0.4, -0.2) is 12.0 Å². The molecule has 0 atom stereocenters. The lowest BCUT2D eigenvalue weighted by Crippen LogP contribution is -1.87. The van der Waals surface area contributed by atoms with Crippen molar-refractivity contribution in [3.63, 3.8) is 0 Å². The molecule has 2 N–H and O–H groups in total. The zero-order chi connectivity index (χ0) is 10.1. The largest absolute Gasteiger partial charge is 0.388 e. The predicted octanol–water partition coefficient (Wildman–Crippen LogP) is 3.08. The van der Waals surface area contributed by atoms with Gasteiger partial charge in [-0.15, -0.1) is 0 Å². The Kier molecular flexibility index (Phi) is 2.20. The fraction of sp³-hybridized carbons (Fsp3) is 0.333. The van der Waals surface area contributed by atoms with Crippen LogP contribution < -0.4 is 5.32 Å². The molecule has 1 heterocycles. The zero-order valence-corrected chi connectivity index (χ0v) is 8.94. The van der Waals surface area contributed by atoms with E-state index < -0.39 is 0 Å². The summed E-state index contributed by atoms with van der Waals surface area (Å²) >= 11 is 0. The van der Waals surface area contributed by atoms with E-state index in [2.05, 4.69) is 42.3 Å². The Hall–Kier alpha value is -1.44. The van der Waals surface area contributed by atoms with Crippen molar-refractivity contribution in [2.75, 3.05) is 12.4 Å². The first-order chi connectivity index (χ1) is 6.76. The molecule has 0 aliphatic rings. The minimum atomic E-state index is 1.08. The lowest BCUT2D eigenvalue weighted by Gasteiger charge is -2.00. The van der Waals surface area contributed by atoms with E-state index in [0.717, 1.165) is 6.42 Å². The van der Waals surface area contributed by atoms with Crippen LogP contribution in [0.3, 0.4) is 0 Å². The van der Waals surface area contributed by atoms with Crippen molar-refractivity contribution in [3.05, 3.63) is 29.5 Å². The second-order valence-corrected chi connectivity index (χ2v) is 3.59. The van der Waals surface area contributed by atoms with Gasteiger partial charge in [0, 0.05) is 29.3 Å². The van der Waals surface area contributed by atoms with Crippen LogP contribution in [0.25, 0.3) is 10.9 Å². The van der Waals surface area contributed by atoms with Gasteiger partial charge in [-0.2, -0.15) is 0 Å². The van der Waals surface area contributed by atoms with E-state index in [-0.39, 0.29) is 0 Å². The summed E-state index contributed by atoms with van der Waals surface area (Å²) in [6.45, 7) is 4.33. The van der Waals surface area contributed by atoms with Gasteiger partial charge >= 0.3 is 0 Å². The highest BCUT2D eigenvalue weighted by atomic mass is 14.8. The molecule has 0 fully saturated rings. The zero-order valence-electron chi connectivity index (χ0n) is 8.94. The van der Waals surface area contributed by atoms with Crippen LogP contribution in [0.1, 0.15) is 18.2 Å². The van der Waals surface area contributed by atoms with E-state index in [0.29, 0.717) is 0 Å². The summed E-state index contributed by atoms with van der Waals surface area (Å²) in [5, 5.41) is 4.51. The van der Waals surface area contributed by atoms with Gasteiger partial charge in [0.15, 0.2) is 0 Å². The van der Waals surface area contributed by atoms with Gasteiger partial charge < -0.3 is 10.3 Å². The van der Waals surface area contributed by atoms with Gasteiger partial charge in [-0.25, -0.2) is 0 Å². The molecule has 2 rings (SSSR count). The number of aromatic amines is 1. The van der Waals surface area contributed by atoms with Gasteiger partial charge in [0.05, 0.1) is 0 Å². The third kappa shape index (κ3) is 1.27. The number of anilines is 1. The average molecular weight is 188 g/mol. The molecule has 2 aromatic rings. The molecule has 0 aliphatic carbocycles. The molecular formula is C12H16N2. The molecule has 14 heavy (non-hydrogen) atoms. The highest BCUT2D eigenvalue weighted by Crippen LogP contribution is 2.25. The number of aromatic nitrogens is 1. The van der Waals surface area contributed by atoms with E-state index >= 15 is 0 Å². The maximum absolute atomic E-state index is 3.40. The molecule has 0 aliphatic heterocycles. The number of hydrogen-bond donors (Lipinski definition) is 2. The van der Waals surface area contributed by atoms with Crippen LogP contribution in [0.5, 0.6) is 0 Å².